The monoisotopic (exact) mass is 272 g/mol. The maximum atomic E-state index is 12.4. The van der Waals surface area contributed by atoms with E-state index >= 15 is 0 Å². The van der Waals surface area contributed by atoms with Gasteiger partial charge in [0.1, 0.15) is 0 Å². The molecule has 0 amide bonds. The van der Waals surface area contributed by atoms with Gasteiger partial charge >= 0.3 is 6.18 Å². The molecule has 0 aliphatic rings. The Bertz CT molecular complexity index is 535. The van der Waals surface area contributed by atoms with E-state index in [9.17, 15) is 13.2 Å². The highest BCUT2D eigenvalue weighted by Crippen LogP contribution is 2.29. The van der Waals surface area contributed by atoms with Crippen LogP contribution in [0.3, 0.4) is 0 Å². The van der Waals surface area contributed by atoms with Crippen molar-refractivity contribution >= 4 is 5.52 Å². The molecule has 2 heterocycles. The Kier molecular flexibility index (Phi) is 4.04. The molecule has 0 bridgehead atoms. The molecule has 0 spiro atoms. The van der Waals surface area contributed by atoms with Gasteiger partial charge in [0.05, 0.1) is 17.9 Å². The molecular formula is C12H15F3N4. The van der Waals surface area contributed by atoms with Crippen molar-refractivity contribution in [2.24, 2.45) is 0 Å². The molecule has 19 heavy (non-hydrogen) atoms. The number of nitrogens with one attached hydrogen (secondary N) is 1. The Morgan fingerprint density at radius 3 is 2.84 bits per heavy atom. The first-order valence-corrected chi connectivity index (χ1v) is 6.08. The fourth-order valence-corrected chi connectivity index (χ4v) is 2.04. The molecule has 1 unspecified atom stereocenters. The van der Waals surface area contributed by atoms with Crippen molar-refractivity contribution in [3.63, 3.8) is 0 Å². The molecule has 0 aromatic carbocycles. The minimum atomic E-state index is -4.14. The van der Waals surface area contributed by atoms with Crippen LogP contribution in [0.25, 0.3) is 5.52 Å². The van der Waals surface area contributed by atoms with Gasteiger partial charge in [-0.1, -0.05) is 6.92 Å². The molecule has 1 N–H and O–H groups in total. The van der Waals surface area contributed by atoms with Gasteiger partial charge in [-0.3, -0.25) is 4.98 Å². The first-order valence-electron chi connectivity index (χ1n) is 6.08. The zero-order valence-electron chi connectivity index (χ0n) is 10.5. The Morgan fingerprint density at radius 1 is 1.37 bits per heavy atom. The van der Waals surface area contributed by atoms with E-state index in [1.54, 1.807) is 29.3 Å². The second-order valence-electron chi connectivity index (χ2n) is 4.27. The third kappa shape index (κ3) is 3.44. The first-order chi connectivity index (χ1) is 9.01. The smallest absolute Gasteiger partial charge is 0.310 e. The van der Waals surface area contributed by atoms with Crippen LogP contribution in [-0.4, -0.2) is 27.3 Å². The standard InChI is InChI=1S/C12H15F3N4/c1-2-17-10(3-4-12(13,14)15)9-7-18-19-6-5-16-8-11(9)19/h5-8,10,17H,2-4H2,1H3. The molecule has 104 valence electrons. The lowest BCUT2D eigenvalue weighted by Crippen LogP contribution is -2.23. The Labute approximate surface area is 108 Å². The van der Waals surface area contributed by atoms with Crippen LogP contribution in [0.4, 0.5) is 13.2 Å². The fraction of sp³-hybridized carbons (Fsp3) is 0.500. The highest BCUT2D eigenvalue weighted by Gasteiger charge is 2.29. The normalized spacial score (nSPS) is 13.9. The van der Waals surface area contributed by atoms with E-state index in [1.165, 1.54) is 0 Å². The zero-order chi connectivity index (χ0) is 13.9. The summed E-state index contributed by atoms with van der Waals surface area (Å²) in [5.41, 5.74) is 1.48. The molecular weight excluding hydrogens is 257 g/mol. The van der Waals surface area contributed by atoms with Crippen LogP contribution in [0.2, 0.25) is 0 Å². The van der Waals surface area contributed by atoms with E-state index in [-0.39, 0.29) is 12.5 Å². The number of halogens is 3. The molecule has 0 fully saturated rings. The number of nitrogens with zero attached hydrogens (tertiary/aromatic N) is 3. The van der Waals surface area contributed by atoms with Gasteiger partial charge in [0.15, 0.2) is 0 Å². The summed E-state index contributed by atoms with van der Waals surface area (Å²) in [6.45, 7) is 2.46. The van der Waals surface area contributed by atoms with Crippen LogP contribution < -0.4 is 5.32 Å². The summed E-state index contributed by atoms with van der Waals surface area (Å²) < 4.78 is 38.7. The van der Waals surface area contributed by atoms with E-state index < -0.39 is 12.6 Å². The Hall–Kier alpha value is -1.63. The zero-order valence-corrected chi connectivity index (χ0v) is 10.5. The summed E-state index contributed by atoms with van der Waals surface area (Å²) in [6.07, 6.45) is 1.50. The van der Waals surface area contributed by atoms with Crippen LogP contribution in [0.1, 0.15) is 31.4 Å². The molecule has 4 nitrogen and oxygen atoms in total. The van der Waals surface area contributed by atoms with Crippen LogP contribution >= 0.6 is 0 Å². The van der Waals surface area contributed by atoms with Crippen LogP contribution in [-0.2, 0) is 0 Å². The van der Waals surface area contributed by atoms with Gasteiger partial charge in [-0.2, -0.15) is 18.3 Å². The predicted octanol–water partition coefficient (Wildman–Crippen LogP) is 2.72. The van der Waals surface area contributed by atoms with E-state index in [0.29, 0.717) is 6.54 Å². The third-order valence-electron chi connectivity index (χ3n) is 2.90. The van der Waals surface area contributed by atoms with Crippen molar-refractivity contribution in [3.8, 4) is 0 Å². The fourth-order valence-electron chi connectivity index (χ4n) is 2.04. The largest absolute Gasteiger partial charge is 0.389 e. The number of alkyl halides is 3. The summed E-state index contributed by atoms with van der Waals surface area (Å²) in [6, 6.07) is -0.367. The van der Waals surface area contributed by atoms with Crippen molar-refractivity contribution in [2.75, 3.05) is 6.54 Å². The maximum Gasteiger partial charge on any atom is 0.389 e. The molecule has 0 aliphatic heterocycles. The first kappa shape index (κ1) is 13.8. The number of aromatic nitrogens is 3. The topological polar surface area (TPSA) is 42.2 Å². The molecule has 2 aromatic heterocycles. The lowest BCUT2D eigenvalue weighted by atomic mass is 10.0. The average Bonchev–Trinajstić information content (AvgIpc) is 2.77. The second-order valence-corrected chi connectivity index (χ2v) is 4.27. The van der Waals surface area contributed by atoms with Gasteiger partial charge in [-0.05, 0) is 13.0 Å². The van der Waals surface area contributed by atoms with Crippen LogP contribution in [0.5, 0.6) is 0 Å². The van der Waals surface area contributed by atoms with Crippen molar-refractivity contribution in [2.45, 2.75) is 32.0 Å². The maximum absolute atomic E-state index is 12.4. The van der Waals surface area contributed by atoms with Gasteiger partial charge in [0, 0.05) is 30.4 Å². The summed E-state index contributed by atoms with van der Waals surface area (Å²) in [5.74, 6) is 0. The molecule has 2 aromatic rings. The van der Waals surface area contributed by atoms with E-state index in [4.69, 9.17) is 0 Å². The minimum absolute atomic E-state index is 0.00636. The third-order valence-corrected chi connectivity index (χ3v) is 2.90. The number of hydrogen-bond donors (Lipinski definition) is 1. The Balaban J connectivity index is 2.23. The number of rotatable bonds is 5. The van der Waals surface area contributed by atoms with Crippen molar-refractivity contribution in [1.29, 1.82) is 0 Å². The number of fused-ring (bicyclic) bond motifs is 1. The lowest BCUT2D eigenvalue weighted by molar-refractivity contribution is -0.136. The van der Waals surface area contributed by atoms with Crippen molar-refractivity contribution in [1.82, 2.24) is 19.9 Å². The number of hydrogen-bond acceptors (Lipinski definition) is 3. The van der Waals surface area contributed by atoms with Crippen LogP contribution in [0, 0.1) is 0 Å². The van der Waals surface area contributed by atoms with E-state index in [2.05, 4.69) is 15.4 Å². The predicted molar refractivity (Wildman–Crippen MR) is 64.7 cm³/mol. The second kappa shape index (κ2) is 5.56. The van der Waals surface area contributed by atoms with Gasteiger partial charge in [-0.25, -0.2) is 4.52 Å². The van der Waals surface area contributed by atoms with Gasteiger partial charge in [0.25, 0.3) is 0 Å². The molecule has 0 aliphatic carbocycles. The minimum Gasteiger partial charge on any atom is -0.310 e. The van der Waals surface area contributed by atoms with Crippen molar-refractivity contribution in [3.05, 3.63) is 30.4 Å². The molecule has 7 heteroatoms. The van der Waals surface area contributed by atoms with Gasteiger partial charge in [0.2, 0.25) is 0 Å². The lowest BCUT2D eigenvalue weighted by Gasteiger charge is -2.17. The molecule has 0 radical (unpaired) electrons. The SMILES string of the molecule is CCNC(CCC(F)(F)F)c1cnn2ccncc12. The Morgan fingerprint density at radius 2 is 2.16 bits per heavy atom. The van der Waals surface area contributed by atoms with E-state index in [0.717, 1.165) is 11.1 Å². The average molecular weight is 272 g/mol. The molecule has 2 rings (SSSR count). The van der Waals surface area contributed by atoms with Gasteiger partial charge < -0.3 is 5.32 Å². The van der Waals surface area contributed by atoms with E-state index in [1.807, 2.05) is 6.92 Å². The molecule has 0 saturated heterocycles. The van der Waals surface area contributed by atoms with Crippen LogP contribution in [0.15, 0.2) is 24.8 Å². The summed E-state index contributed by atoms with van der Waals surface area (Å²) in [7, 11) is 0. The quantitative estimate of drug-likeness (QED) is 0.910. The summed E-state index contributed by atoms with van der Waals surface area (Å²) in [4.78, 5) is 3.99. The highest BCUT2D eigenvalue weighted by molar-refractivity contribution is 5.53. The van der Waals surface area contributed by atoms with Crippen molar-refractivity contribution < 1.29 is 13.2 Å². The molecule has 0 saturated carbocycles. The van der Waals surface area contributed by atoms with Gasteiger partial charge in [-0.15, -0.1) is 0 Å². The summed E-state index contributed by atoms with van der Waals surface area (Å²) in [5, 5.41) is 7.19. The molecule has 1 atom stereocenters. The highest BCUT2D eigenvalue weighted by atomic mass is 19.4. The summed E-state index contributed by atoms with van der Waals surface area (Å²) >= 11 is 0.